The number of carbonyl (C=O) groups excluding carboxylic acids is 1. The Morgan fingerprint density at radius 3 is 1.45 bits per heavy atom. The van der Waals surface area contributed by atoms with Crippen LogP contribution in [0.5, 0.6) is 0 Å². The molecule has 8 nitrogen and oxygen atoms in total. The Bertz CT molecular complexity index is 479. The molecule has 0 aromatic heterocycles. The molecular formula is C25H53N3O5. The third kappa shape index (κ3) is 22.2. The van der Waals surface area contributed by atoms with Crippen molar-refractivity contribution in [2.24, 2.45) is 5.73 Å². The molecule has 0 rings (SSSR count). The molecule has 0 saturated carbocycles. The Morgan fingerprint density at radius 1 is 0.818 bits per heavy atom. The first-order chi connectivity index (χ1) is 15.5. The molecule has 0 aliphatic heterocycles. The monoisotopic (exact) mass is 475 g/mol. The zero-order valence-corrected chi connectivity index (χ0v) is 21.9. The van der Waals surface area contributed by atoms with Gasteiger partial charge in [0.05, 0.1) is 5.54 Å². The van der Waals surface area contributed by atoms with Crippen molar-refractivity contribution < 1.29 is 20.2 Å². The van der Waals surface area contributed by atoms with E-state index in [1.165, 1.54) is 83.5 Å². The van der Waals surface area contributed by atoms with Crippen molar-refractivity contribution in [1.29, 1.82) is 0 Å². The lowest BCUT2D eigenvalue weighted by molar-refractivity contribution is -0.742. The maximum atomic E-state index is 12.2. The molecule has 0 radical (unpaired) electrons. The van der Waals surface area contributed by atoms with Crippen LogP contribution in [0.25, 0.3) is 0 Å². The minimum absolute atomic E-state index is 0.0887. The molecule has 1 unspecified atom stereocenters. The normalized spacial score (nSPS) is 13.0. The van der Waals surface area contributed by atoms with Crippen LogP contribution in [-0.4, -0.2) is 32.6 Å². The number of aliphatic hydroxyl groups is 1. The van der Waals surface area contributed by atoms with E-state index < -0.39 is 16.4 Å². The summed E-state index contributed by atoms with van der Waals surface area (Å²) in [5.41, 5.74) is 3.89. The van der Waals surface area contributed by atoms with Gasteiger partial charge in [-0.05, 0) is 26.7 Å². The summed E-state index contributed by atoms with van der Waals surface area (Å²) in [6.07, 6.45) is 21.4. The first-order valence-electron chi connectivity index (χ1n) is 13.2. The van der Waals surface area contributed by atoms with Crippen molar-refractivity contribution in [3.63, 3.8) is 0 Å². The average Bonchev–Trinajstić information content (AvgIpc) is 2.69. The molecule has 0 saturated heterocycles. The van der Waals surface area contributed by atoms with Gasteiger partial charge in [0.1, 0.15) is 0 Å². The SMILES string of the molecule is CCCCCCCCCCCCCCCCCC(=O)NC(O)(CCC)C(C)(C)N.O=[N+]([O-])O. The highest BCUT2D eigenvalue weighted by molar-refractivity contribution is 5.76. The number of amides is 1. The summed E-state index contributed by atoms with van der Waals surface area (Å²) >= 11 is 0. The number of nitrogens with two attached hydrogens (primary N) is 1. The molecule has 0 bridgehead atoms. The quantitative estimate of drug-likeness (QED) is 0.0711. The van der Waals surface area contributed by atoms with Gasteiger partial charge in [-0.15, -0.1) is 10.1 Å². The smallest absolute Gasteiger partial charge is 0.291 e. The minimum atomic E-state index is -1.50. The highest BCUT2D eigenvalue weighted by Crippen LogP contribution is 2.22. The summed E-state index contributed by atoms with van der Waals surface area (Å²) in [6.45, 7) is 7.78. The van der Waals surface area contributed by atoms with Crippen molar-refractivity contribution in [1.82, 2.24) is 5.32 Å². The zero-order chi connectivity index (χ0) is 25.6. The number of unbranched alkanes of at least 4 members (excludes halogenated alkanes) is 14. The molecule has 8 heteroatoms. The topological polar surface area (TPSA) is 139 Å². The van der Waals surface area contributed by atoms with Gasteiger partial charge in [-0.3, -0.25) is 4.79 Å². The Morgan fingerprint density at radius 2 is 1.15 bits per heavy atom. The van der Waals surface area contributed by atoms with Crippen molar-refractivity contribution in [3.05, 3.63) is 10.1 Å². The van der Waals surface area contributed by atoms with E-state index in [9.17, 15) is 9.90 Å². The first kappa shape index (κ1) is 33.8. The Hall–Kier alpha value is -1.41. The first-order valence-corrected chi connectivity index (χ1v) is 13.2. The molecule has 0 fully saturated rings. The average molecular weight is 476 g/mol. The summed E-state index contributed by atoms with van der Waals surface area (Å²) in [4.78, 5) is 20.5. The van der Waals surface area contributed by atoms with Crippen LogP contribution in [0.1, 0.15) is 143 Å². The number of hydrogen-bond donors (Lipinski definition) is 4. The van der Waals surface area contributed by atoms with Gasteiger partial charge < -0.3 is 21.4 Å². The fraction of sp³-hybridized carbons (Fsp3) is 0.960. The predicted octanol–water partition coefficient (Wildman–Crippen LogP) is 6.24. The molecule has 33 heavy (non-hydrogen) atoms. The second-order valence-corrected chi connectivity index (χ2v) is 9.82. The number of nitrogens with one attached hydrogen (secondary N) is 1. The maximum Gasteiger partial charge on any atom is 0.291 e. The summed E-state index contributed by atoms with van der Waals surface area (Å²) < 4.78 is 0. The van der Waals surface area contributed by atoms with E-state index in [0.29, 0.717) is 12.8 Å². The van der Waals surface area contributed by atoms with E-state index in [-0.39, 0.29) is 5.91 Å². The number of nitrogens with zero attached hydrogens (tertiary/aromatic N) is 1. The van der Waals surface area contributed by atoms with E-state index >= 15 is 0 Å². The number of hydrogen-bond acceptors (Lipinski definition) is 5. The summed E-state index contributed by atoms with van der Waals surface area (Å²) in [5.74, 6) is -0.0887. The van der Waals surface area contributed by atoms with Crippen molar-refractivity contribution in [2.75, 3.05) is 0 Å². The van der Waals surface area contributed by atoms with Crippen LogP contribution in [0, 0.1) is 10.1 Å². The Labute approximate surface area is 202 Å². The van der Waals surface area contributed by atoms with Crippen LogP contribution >= 0.6 is 0 Å². The Kier molecular flexibility index (Phi) is 21.6. The van der Waals surface area contributed by atoms with E-state index in [4.69, 9.17) is 21.1 Å². The van der Waals surface area contributed by atoms with Gasteiger partial charge in [-0.2, -0.15) is 0 Å². The van der Waals surface area contributed by atoms with Crippen molar-refractivity contribution >= 4 is 5.91 Å². The molecule has 198 valence electrons. The van der Waals surface area contributed by atoms with Crippen LogP contribution in [0.2, 0.25) is 0 Å². The number of rotatable bonds is 20. The van der Waals surface area contributed by atoms with Gasteiger partial charge in [0.15, 0.2) is 5.72 Å². The molecule has 0 spiro atoms. The van der Waals surface area contributed by atoms with E-state index in [2.05, 4.69) is 12.2 Å². The molecule has 1 atom stereocenters. The zero-order valence-electron chi connectivity index (χ0n) is 21.9. The second kappa shape index (κ2) is 21.1. The fourth-order valence-electron chi connectivity index (χ4n) is 3.86. The summed E-state index contributed by atoms with van der Waals surface area (Å²) in [5, 5.41) is 27.1. The minimum Gasteiger partial charge on any atom is -0.369 e. The standard InChI is InChI=1S/C25H52N2O2.HNO3/c1-5-7-8-9-10-11-12-13-14-15-16-17-18-19-20-21-23(28)27-25(29,22-6-2)24(3,4)26;2-1(3)4/h29H,5-22,26H2,1-4H3,(H,27,28);(H,2,3,4). The van der Waals surface area contributed by atoms with Crippen LogP contribution in [0.4, 0.5) is 0 Å². The third-order valence-electron chi connectivity index (χ3n) is 6.03. The van der Waals surface area contributed by atoms with E-state index in [1.54, 1.807) is 13.8 Å². The van der Waals surface area contributed by atoms with E-state index in [1.807, 2.05) is 6.92 Å². The number of carbonyl (C=O) groups is 1. The molecule has 0 aliphatic carbocycles. The lowest BCUT2D eigenvalue weighted by Gasteiger charge is -2.40. The van der Waals surface area contributed by atoms with Crippen LogP contribution in [0.15, 0.2) is 0 Å². The molecule has 0 aliphatic rings. The Balaban J connectivity index is 0. The largest absolute Gasteiger partial charge is 0.369 e. The molecule has 0 aromatic carbocycles. The van der Waals surface area contributed by atoms with Crippen molar-refractivity contribution in [2.45, 2.75) is 155 Å². The van der Waals surface area contributed by atoms with Crippen LogP contribution in [0.3, 0.4) is 0 Å². The molecule has 5 N–H and O–H groups in total. The van der Waals surface area contributed by atoms with Gasteiger partial charge >= 0.3 is 0 Å². The predicted molar refractivity (Wildman–Crippen MR) is 135 cm³/mol. The fourth-order valence-corrected chi connectivity index (χ4v) is 3.86. The second-order valence-electron chi connectivity index (χ2n) is 9.82. The van der Waals surface area contributed by atoms with Crippen molar-refractivity contribution in [3.8, 4) is 0 Å². The molecule has 0 heterocycles. The van der Waals surface area contributed by atoms with Gasteiger partial charge in [-0.1, -0.05) is 110 Å². The molecule has 0 aromatic rings. The summed E-state index contributed by atoms with van der Waals surface area (Å²) in [7, 11) is 0. The van der Waals surface area contributed by atoms with Gasteiger partial charge in [0.25, 0.3) is 5.09 Å². The highest BCUT2D eigenvalue weighted by Gasteiger charge is 2.40. The van der Waals surface area contributed by atoms with Gasteiger partial charge in [0, 0.05) is 6.42 Å². The third-order valence-corrected chi connectivity index (χ3v) is 6.03. The van der Waals surface area contributed by atoms with E-state index in [0.717, 1.165) is 19.3 Å². The van der Waals surface area contributed by atoms with Gasteiger partial charge in [0.2, 0.25) is 5.91 Å². The highest BCUT2D eigenvalue weighted by atomic mass is 16.9. The summed E-state index contributed by atoms with van der Waals surface area (Å²) in [6, 6.07) is 0. The lowest BCUT2D eigenvalue weighted by Crippen LogP contribution is -2.66. The van der Waals surface area contributed by atoms with Gasteiger partial charge in [-0.25, -0.2) is 0 Å². The van der Waals surface area contributed by atoms with Crippen LogP contribution < -0.4 is 11.1 Å². The lowest BCUT2D eigenvalue weighted by atomic mass is 9.87. The van der Waals surface area contributed by atoms with Crippen LogP contribution in [-0.2, 0) is 4.79 Å². The molecule has 1 amide bonds. The molecular weight excluding hydrogens is 422 g/mol. The maximum absolute atomic E-state index is 12.2.